The molecule has 7 heteroatoms. The van der Waals surface area contributed by atoms with Crippen molar-refractivity contribution in [2.24, 2.45) is 16.7 Å². The molecule has 1 aromatic heterocycles. The number of hydrogen-bond acceptors (Lipinski definition) is 5. The molecular formula is C32H39N5O2. The summed E-state index contributed by atoms with van der Waals surface area (Å²) in [6.45, 7) is 8.64. The normalized spacial score (nSPS) is 26.0. The fourth-order valence-electron chi connectivity index (χ4n) is 7.06. The summed E-state index contributed by atoms with van der Waals surface area (Å²) >= 11 is 0. The molecule has 1 atom stereocenters. The third-order valence-electron chi connectivity index (χ3n) is 9.57. The number of benzene rings is 2. The van der Waals surface area contributed by atoms with Gasteiger partial charge in [0.2, 0.25) is 0 Å². The van der Waals surface area contributed by atoms with Crippen molar-refractivity contribution in [2.45, 2.75) is 52.1 Å². The number of carbonyl (C=O) groups excluding carboxylic acids is 1. The number of aromatic amines is 1. The minimum absolute atomic E-state index is 0.0123. The van der Waals surface area contributed by atoms with E-state index in [0.29, 0.717) is 12.1 Å². The van der Waals surface area contributed by atoms with Crippen LogP contribution in [0.1, 0.15) is 65.7 Å². The number of likely N-dealkylation sites (tertiary alicyclic amines) is 1. The molecule has 3 aliphatic rings. The van der Waals surface area contributed by atoms with Crippen LogP contribution in [0, 0.1) is 35.0 Å². The van der Waals surface area contributed by atoms with Crippen molar-refractivity contribution >= 4 is 16.8 Å². The Hall–Kier alpha value is -3.34. The van der Waals surface area contributed by atoms with Crippen LogP contribution in [0.4, 0.5) is 0 Å². The highest BCUT2D eigenvalue weighted by atomic mass is 16.5. The number of hydrogen-bond donors (Lipinski definition) is 3. The average Bonchev–Trinajstić information content (AvgIpc) is 3.42. The number of rotatable bonds is 7. The first-order chi connectivity index (χ1) is 18.8. The third kappa shape index (κ3) is 4.81. The van der Waals surface area contributed by atoms with Gasteiger partial charge in [-0.15, -0.1) is 0 Å². The van der Waals surface area contributed by atoms with Gasteiger partial charge in [-0.05, 0) is 80.0 Å². The molecule has 2 aromatic carbocycles. The molecule has 3 aromatic rings. The van der Waals surface area contributed by atoms with Gasteiger partial charge in [-0.1, -0.05) is 19.1 Å². The number of nitriles is 1. The molecule has 0 bridgehead atoms. The number of nitrogens with one attached hydrogen (secondary N) is 3. The van der Waals surface area contributed by atoms with Crippen LogP contribution in [0.15, 0.2) is 42.6 Å². The first kappa shape index (κ1) is 25.9. The average molecular weight is 526 g/mol. The molecule has 1 aliphatic carbocycles. The summed E-state index contributed by atoms with van der Waals surface area (Å²) in [6.07, 6.45) is 6.15. The van der Waals surface area contributed by atoms with Gasteiger partial charge in [0.25, 0.3) is 5.91 Å². The Labute approximate surface area is 230 Å². The largest absolute Gasteiger partial charge is 0.496 e. The van der Waals surface area contributed by atoms with Crippen molar-refractivity contribution in [3.8, 4) is 11.8 Å². The molecule has 3 heterocycles. The summed E-state index contributed by atoms with van der Waals surface area (Å²) in [6, 6.07) is 15.2. The van der Waals surface area contributed by atoms with Crippen LogP contribution in [-0.4, -0.2) is 49.1 Å². The summed E-state index contributed by atoms with van der Waals surface area (Å²) in [7, 11) is 1.75. The van der Waals surface area contributed by atoms with Gasteiger partial charge in [0, 0.05) is 71.8 Å². The monoisotopic (exact) mass is 525 g/mol. The van der Waals surface area contributed by atoms with Gasteiger partial charge in [-0.25, -0.2) is 0 Å². The molecule has 1 amide bonds. The van der Waals surface area contributed by atoms with E-state index < -0.39 is 0 Å². The molecule has 1 spiro atoms. The highest BCUT2D eigenvalue weighted by Gasteiger charge is 2.49. The van der Waals surface area contributed by atoms with E-state index in [0.717, 1.165) is 63.1 Å². The maximum atomic E-state index is 12.9. The molecule has 6 rings (SSSR count). The molecule has 2 saturated heterocycles. The number of methoxy groups -OCH3 is 1. The Morgan fingerprint density at radius 1 is 1.21 bits per heavy atom. The van der Waals surface area contributed by atoms with Crippen molar-refractivity contribution in [3.63, 3.8) is 0 Å². The number of aryl methyl sites for hydroxylation is 1. The number of H-pyrrole nitrogens is 1. The van der Waals surface area contributed by atoms with Crippen LogP contribution in [0.5, 0.6) is 5.75 Å². The van der Waals surface area contributed by atoms with Gasteiger partial charge >= 0.3 is 0 Å². The van der Waals surface area contributed by atoms with Gasteiger partial charge in [-0.2, -0.15) is 5.26 Å². The van der Waals surface area contributed by atoms with Crippen LogP contribution in [0.2, 0.25) is 0 Å². The maximum Gasteiger partial charge on any atom is 0.251 e. The highest BCUT2D eigenvalue weighted by Crippen LogP contribution is 2.56. The summed E-state index contributed by atoms with van der Waals surface area (Å²) in [5.41, 5.74) is 5.88. The van der Waals surface area contributed by atoms with Crippen molar-refractivity contribution in [2.75, 3.05) is 33.3 Å². The van der Waals surface area contributed by atoms with Crippen molar-refractivity contribution in [3.05, 3.63) is 64.8 Å². The van der Waals surface area contributed by atoms with Gasteiger partial charge < -0.3 is 20.4 Å². The predicted octanol–water partition coefficient (Wildman–Crippen LogP) is 5.08. The molecular weight excluding hydrogens is 486 g/mol. The second-order valence-corrected chi connectivity index (χ2v) is 12.5. The van der Waals surface area contributed by atoms with E-state index >= 15 is 0 Å². The molecule has 1 saturated carbocycles. The molecule has 1 unspecified atom stereocenters. The van der Waals surface area contributed by atoms with E-state index in [2.05, 4.69) is 64.7 Å². The number of aromatic nitrogens is 1. The number of piperidine rings is 1. The molecule has 3 fully saturated rings. The first-order valence-electron chi connectivity index (χ1n) is 14.2. The molecule has 7 nitrogen and oxygen atoms in total. The summed E-state index contributed by atoms with van der Waals surface area (Å²) in [5, 5.41) is 17.1. The number of carbonyl (C=O) groups is 1. The standard InChI is InChI=1S/C32H39N5O2/c1-21-12-28(39-3)26(25-8-10-35-29(21)25)17-37-11-9-32(13-22(14-32)16-33)15-27(37)23-4-6-24(7-5-23)30(38)36-20-31(2)18-34-19-31/h4-8,10,12,22,27,34-35H,9,11,13-15,17-20H2,1-3H3,(H,36,38). The lowest BCUT2D eigenvalue weighted by Gasteiger charge is -2.53. The minimum Gasteiger partial charge on any atom is -0.496 e. The Bertz CT molecular complexity index is 1410. The summed E-state index contributed by atoms with van der Waals surface area (Å²) < 4.78 is 5.86. The van der Waals surface area contributed by atoms with Gasteiger partial charge in [-0.3, -0.25) is 9.69 Å². The summed E-state index contributed by atoms with van der Waals surface area (Å²) in [5.74, 6) is 1.10. The quantitative estimate of drug-likeness (QED) is 0.400. The second-order valence-electron chi connectivity index (χ2n) is 12.5. The second kappa shape index (κ2) is 10.0. The first-order valence-corrected chi connectivity index (χ1v) is 14.2. The lowest BCUT2D eigenvalue weighted by molar-refractivity contribution is -0.0298. The van der Waals surface area contributed by atoms with Crippen molar-refractivity contribution in [1.82, 2.24) is 20.5 Å². The van der Waals surface area contributed by atoms with Crippen LogP contribution in [-0.2, 0) is 6.54 Å². The van der Waals surface area contributed by atoms with E-state index in [-0.39, 0.29) is 28.7 Å². The fourth-order valence-corrected chi connectivity index (χ4v) is 7.06. The van der Waals surface area contributed by atoms with Crippen molar-refractivity contribution < 1.29 is 9.53 Å². The van der Waals surface area contributed by atoms with Crippen molar-refractivity contribution in [1.29, 1.82) is 5.26 Å². The third-order valence-corrected chi connectivity index (χ3v) is 9.57. The van der Waals surface area contributed by atoms with Crippen LogP contribution in [0.3, 0.4) is 0 Å². The number of amides is 1. The van der Waals surface area contributed by atoms with Gasteiger partial charge in [0.15, 0.2) is 0 Å². The summed E-state index contributed by atoms with van der Waals surface area (Å²) in [4.78, 5) is 18.8. The fraction of sp³-hybridized carbons (Fsp3) is 0.500. The lowest BCUT2D eigenvalue weighted by atomic mass is 9.56. The molecule has 39 heavy (non-hydrogen) atoms. The maximum absolute atomic E-state index is 12.9. The highest BCUT2D eigenvalue weighted by molar-refractivity contribution is 5.94. The van der Waals surface area contributed by atoms with E-state index in [9.17, 15) is 10.1 Å². The van der Waals surface area contributed by atoms with Crippen LogP contribution >= 0.6 is 0 Å². The number of nitrogens with zero attached hydrogens (tertiary/aromatic N) is 2. The Morgan fingerprint density at radius 2 is 1.97 bits per heavy atom. The molecule has 0 radical (unpaired) electrons. The van der Waals surface area contributed by atoms with E-state index in [4.69, 9.17) is 4.74 Å². The van der Waals surface area contributed by atoms with Gasteiger partial charge in [0.05, 0.1) is 13.2 Å². The number of ether oxygens (including phenoxy) is 1. The zero-order valence-corrected chi connectivity index (χ0v) is 23.3. The topological polar surface area (TPSA) is 93.2 Å². The van der Waals surface area contributed by atoms with Crippen LogP contribution in [0.25, 0.3) is 10.9 Å². The predicted molar refractivity (Wildman–Crippen MR) is 152 cm³/mol. The lowest BCUT2D eigenvalue weighted by Crippen LogP contribution is -2.56. The number of fused-ring (bicyclic) bond motifs is 1. The molecule has 2 aliphatic heterocycles. The Morgan fingerprint density at radius 3 is 2.64 bits per heavy atom. The van der Waals surface area contributed by atoms with Crippen LogP contribution < -0.4 is 15.4 Å². The molecule has 3 N–H and O–H groups in total. The Balaban J connectivity index is 1.26. The smallest absolute Gasteiger partial charge is 0.251 e. The molecule has 204 valence electrons. The Kier molecular flexibility index (Phi) is 6.65. The SMILES string of the molecule is COc1cc(C)c2[nH]ccc2c1CN1CCC2(CC(C#N)C2)CC1c1ccc(C(=O)NCC2(C)CNC2)cc1. The van der Waals surface area contributed by atoms with E-state index in [1.165, 1.54) is 22.1 Å². The van der Waals surface area contributed by atoms with E-state index in [1.807, 2.05) is 18.3 Å². The van der Waals surface area contributed by atoms with Gasteiger partial charge in [0.1, 0.15) is 5.75 Å². The minimum atomic E-state index is -0.0123. The van der Waals surface area contributed by atoms with E-state index in [1.54, 1.807) is 7.11 Å². The zero-order chi connectivity index (χ0) is 27.2. The zero-order valence-electron chi connectivity index (χ0n) is 23.3.